The normalized spacial score (nSPS) is 33.2. The maximum absolute atomic E-state index is 10.3. The summed E-state index contributed by atoms with van der Waals surface area (Å²) in [6.45, 7) is 0. The van der Waals surface area contributed by atoms with E-state index in [2.05, 4.69) is 10.6 Å². The first-order chi connectivity index (χ1) is 11.7. The molecule has 0 radical (unpaired) electrons. The maximum Gasteiger partial charge on any atom is 0.144 e. The summed E-state index contributed by atoms with van der Waals surface area (Å²) in [5.41, 5.74) is 1.97. The van der Waals surface area contributed by atoms with Crippen molar-refractivity contribution in [3.63, 3.8) is 0 Å². The van der Waals surface area contributed by atoms with E-state index in [1.807, 2.05) is 18.2 Å². The molecule has 1 aromatic rings. The van der Waals surface area contributed by atoms with Crippen LogP contribution in [-0.4, -0.2) is 24.5 Å². The summed E-state index contributed by atoms with van der Waals surface area (Å²) in [6, 6.07) is 5.98. The zero-order valence-corrected chi connectivity index (χ0v) is 14.6. The molecule has 0 spiro atoms. The third kappa shape index (κ3) is 3.49. The van der Waals surface area contributed by atoms with Crippen LogP contribution in [0.4, 0.5) is 11.4 Å². The second-order valence-electron chi connectivity index (χ2n) is 7.98. The van der Waals surface area contributed by atoms with Crippen molar-refractivity contribution in [3.8, 4) is 5.75 Å². The van der Waals surface area contributed by atoms with E-state index in [9.17, 15) is 5.11 Å². The summed E-state index contributed by atoms with van der Waals surface area (Å²) in [5.74, 6) is 4.05. The molecule has 0 aromatic heterocycles. The minimum Gasteiger partial charge on any atom is -0.497 e. The van der Waals surface area contributed by atoms with Gasteiger partial charge in [0, 0.05) is 6.07 Å². The van der Waals surface area contributed by atoms with E-state index in [-0.39, 0.29) is 6.04 Å². The lowest BCUT2D eigenvalue weighted by atomic mass is 9.95. The van der Waals surface area contributed by atoms with E-state index in [0.29, 0.717) is 0 Å². The fourth-order valence-corrected chi connectivity index (χ4v) is 4.71. The van der Waals surface area contributed by atoms with Gasteiger partial charge in [-0.1, -0.05) is 25.7 Å². The van der Waals surface area contributed by atoms with Gasteiger partial charge in [0.2, 0.25) is 0 Å². The number of unbranched alkanes of at least 4 members (excludes halogenated alkanes) is 2. The molecule has 2 saturated carbocycles. The molecule has 0 saturated heterocycles. The fourth-order valence-electron chi connectivity index (χ4n) is 4.71. The third-order valence-electron chi connectivity index (χ3n) is 6.22. The smallest absolute Gasteiger partial charge is 0.144 e. The van der Waals surface area contributed by atoms with Gasteiger partial charge in [0.15, 0.2) is 0 Å². The molecule has 1 heterocycles. The van der Waals surface area contributed by atoms with Crippen LogP contribution in [-0.2, 0) is 0 Å². The molecule has 2 fully saturated rings. The Morgan fingerprint density at radius 2 is 1.79 bits per heavy atom. The monoisotopic (exact) mass is 330 g/mol. The van der Waals surface area contributed by atoms with Gasteiger partial charge >= 0.3 is 0 Å². The highest BCUT2D eigenvalue weighted by molar-refractivity contribution is 5.73. The Hall–Kier alpha value is -1.42. The van der Waals surface area contributed by atoms with E-state index >= 15 is 0 Å². The van der Waals surface area contributed by atoms with Crippen LogP contribution in [0.5, 0.6) is 5.75 Å². The molecule has 1 aliphatic heterocycles. The lowest BCUT2D eigenvalue weighted by Crippen LogP contribution is -2.42. The Morgan fingerprint density at radius 1 is 1.00 bits per heavy atom. The van der Waals surface area contributed by atoms with Gasteiger partial charge in [-0.05, 0) is 55.6 Å². The van der Waals surface area contributed by atoms with Crippen LogP contribution in [0.25, 0.3) is 0 Å². The number of aliphatic hydroxyl groups is 1. The van der Waals surface area contributed by atoms with Gasteiger partial charge in [0.05, 0.1) is 24.5 Å². The van der Waals surface area contributed by atoms with E-state index in [4.69, 9.17) is 4.74 Å². The number of benzene rings is 1. The van der Waals surface area contributed by atoms with E-state index in [1.54, 1.807) is 7.11 Å². The van der Waals surface area contributed by atoms with Gasteiger partial charge in [-0.3, -0.25) is 0 Å². The van der Waals surface area contributed by atoms with Crippen molar-refractivity contribution in [3.05, 3.63) is 18.2 Å². The molecule has 3 aliphatic rings. The standard InChI is InChI=1S/C20H30N2O2/c1-24-16-7-8-17-19(12-16)22-20(23)18(21-17)6-4-2-3-5-13-9-14-11-15(14)10-13/h7-8,12-15,18,20-23H,2-6,9-11H2,1H3/t13-,14-,15+,18?,20?. The first kappa shape index (κ1) is 16.1. The summed E-state index contributed by atoms with van der Waals surface area (Å²) in [6.07, 6.45) is 10.3. The molecule has 0 amide bonds. The van der Waals surface area contributed by atoms with Crippen LogP contribution in [0.1, 0.15) is 51.4 Å². The summed E-state index contributed by atoms with van der Waals surface area (Å²) in [4.78, 5) is 0. The SMILES string of the molecule is COc1ccc2c(c1)NC(O)C(CCCCC[C@@H]1C[C@@H]3C[C@@H]3C1)N2. The quantitative estimate of drug-likeness (QED) is 0.655. The number of fused-ring (bicyclic) bond motifs is 2. The average molecular weight is 330 g/mol. The number of hydrogen-bond donors (Lipinski definition) is 3. The second kappa shape index (κ2) is 6.83. The minimum atomic E-state index is -0.536. The Kier molecular flexibility index (Phi) is 4.57. The predicted octanol–water partition coefficient (Wildman–Crippen LogP) is 4.22. The van der Waals surface area contributed by atoms with Crippen LogP contribution >= 0.6 is 0 Å². The first-order valence-corrected chi connectivity index (χ1v) is 9.62. The molecule has 4 nitrogen and oxygen atoms in total. The minimum absolute atomic E-state index is 0.0880. The van der Waals surface area contributed by atoms with Crippen molar-refractivity contribution in [1.29, 1.82) is 0 Å². The predicted molar refractivity (Wildman–Crippen MR) is 97.4 cm³/mol. The zero-order chi connectivity index (χ0) is 16.5. The lowest BCUT2D eigenvalue weighted by Gasteiger charge is -2.33. The molecule has 2 aliphatic carbocycles. The van der Waals surface area contributed by atoms with Gasteiger partial charge in [-0.2, -0.15) is 0 Å². The lowest BCUT2D eigenvalue weighted by molar-refractivity contribution is 0.171. The Balaban J connectivity index is 1.19. The summed E-state index contributed by atoms with van der Waals surface area (Å²) < 4.78 is 5.24. The Bertz CT molecular complexity index is 567. The largest absolute Gasteiger partial charge is 0.497 e. The molecule has 3 N–H and O–H groups in total. The highest BCUT2D eigenvalue weighted by atomic mass is 16.5. The Labute approximate surface area is 145 Å². The molecular weight excluding hydrogens is 300 g/mol. The number of methoxy groups -OCH3 is 1. The van der Waals surface area contributed by atoms with Crippen molar-refractivity contribution < 1.29 is 9.84 Å². The van der Waals surface area contributed by atoms with E-state index < -0.39 is 6.23 Å². The van der Waals surface area contributed by atoms with Crippen molar-refractivity contribution in [1.82, 2.24) is 0 Å². The fraction of sp³-hybridized carbons (Fsp3) is 0.700. The molecule has 4 heteroatoms. The van der Waals surface area contributed by atoms with Crippen LogP contribution in [0.2, 0.25) is 0 Å². The van der Waals surface area contributed by atoms with Gasteiger partial charge in [0.1, 0.15) is 12.0 Å². The van der Waals surface area contributed by atoms with Crippen LogP contribution in [0.3, 0.4) is 0 Å². The third-order valence-corrected chi connectivity index (χ3v) is 6.22. The summed E-state index contributed by atoms with van der Waals surface area (Å²) in [7, 11) is 1.66. The summed E-state index contributed by atoms with van der Waals surface area (Å²) >= 11 is 0. The highest BCUT2D eigenvalue weighted by Gasteiger charge is 2.45. The van der Waals surface area contributed by atoms with Crippen molar-refractivity contribution in [2.24, 2.45) is 17.8 Å². The molecule has 132 valence electrons. The van der Waals surface area contributed by atoms with Crippen molar-refractivity contribution in [2.75, 3.05) is 17.7 Å². The molecule has 1 aromatic carbocycles. The Morgan fingerprint density at radius 3 is 2.58 bits per heavy atom. The number of nitrogens with one attached hydrogen (secondary N) is 2. The van der Waals surface area contributed by atoms with Crippen LogP contribution < -0.4 is 15.4 Å². The second-order valence-corrected chi connectivity index (χ2v) is 7.98. The number of aliphatic hydroxyl groups excluding tert-OH is 1. The van der Waals surface area contributed by atoms with Gasteiger partial charge in [-0.15, -0.1) is 0 Å². The maximum atomic E-state index is 10.3. The van der Waals surface area contributed by atoms with Crippen LogP contribution in [0, 0.1) is 17.8 Å². The molecule has 4 rings (SSSR count). The topological polar surface area (TPSA) is 53.5 Å². The number of ether oxygens (including phenoxy) is 1. The zero-order valence-electron chi connectivity index (χ0n) is 14.6. The van der Waals surface area contributed by atoms with Crippen LogP contribution in [0.15, 0.2) is 18.2 Å². The summed E-state index contributed by atoms with van der Waals surface area (Å²) in [5, 5.41) is 17.0. The van der Waals surface area contributed by atoms with E-state index in [0.717, 1.165) is 41.3 Å². The highest BCUT2D eigenvalue weighted by Crippen LogP contribution is 2.55. The number of rotatable bonds is 7. The van der Waals surface area contributed by atoms with E-state index in [1.165, 1.54) is 44.9 Å². The molecule has 0 bridgehead atoms. The van der Waals surface area contributed by atoms with Crippen molar-refractivity contribution >= 4 is 11.4 Å². The first-order valence-electron chi connectivity index (χ1n) is 9.62. The molecule has 2 unspecified atom stereocenters. The average Bonchev–Trinajstić information content (AvgIpc) is 3.20. The number of anilines is 2. The number of hydrogen-bond acceptors (Lipinski definition) is 4. The van der Waals surface area contributed by atoms with Gasteiger partial charge in [0.25, 0.3) is 0 Å². The molecule has 24 heavy (non-hydrogen) atoms. The molecule has 5 atom stereocenters. The van der Waals surface area contributed by atoms with Gasteiger partial charge in [-0.25, -0.2) is 0 Å². The van der Waals surface area contributed by atoms with Gasteiger partial charge < -0.3 is 20.5 Å². The molecular formula is C20H30N2O2. The van der Waals surface area contributed by atoms with Crippen molar-refractivity contribution in [2.45, 2.75) is 63.6 Å².